The van der Waals surface area contributed by atoms with Gasteiger partial charge in [-0.25, -0.2) is 0 Å². The Labute approximate surface area is 150 Å². The molecule has 0 saturated carbocycles. The summed E-state index contributed by atoms with van der Waals surface area (Å²) in [5, 5.41) is 13.7. The predicted octanol–water partition coefficient (Wildman–Crippen LogP) is 3.01. The van der Waals surface area contributed by atoms with Crippen LogP contribution in [0.2, 0.25) is 0 Å². The number of carbonyl (C=O) groups excluding carboxylic acids is 2. The molecule has 1 fully saturated rings. The maximum atomic E-state index is 12.3. The number of nitrogens with zero attached hydrogens (tertiary/aromatic N) is 2. The molecule has 2 aromatic rings. The van der Waals surface area contributed by atoms with Crippen molar-refractivity contribution in [1.82, 2.24) is 4.90 Å². The van der Waals surface area contributed by atoms with Gasteiger partial charge < -0.3 is 10.2 Å². The largest absolute Gasteiger partial charge is 0.342 e. The normalized spacial score (nSPS) is 13.5. The lowest BCUT2D eigenvalue weighted by Gasteiger charge is -2.15. The summed E-state index contributed by atoms with van der Waals surface area (Å²) in [6.07, 6.45) is 2.45. The van der Waals surface area contributed by atoms with E-state index >= 15 is 0 Å². The van der Waals surface area contributed by atoms with Crippen LogP contribution in [0.5, 0.6) is 0 Å². The topological polar surface area (TPSA) is 92.6 Å². The van der Waals surface area contributed by atoms with Crippen molar-refractivity contribution >= 4 is 23.2 Å². The molecule has 0 aliphatic carbocycles. The second kappa shape index (κ2) is 7.77. The molecule has 134 valence electrons. The molecule has 1 saturated heterocycles. The van der Waals surface area contributed by atoms with Crippen molar-refractivity contribution in [3.8, 4) is 0 Å². The molecule has 3 rings (SSSR count). The zero-order valence-corrected chi connectivity index (χ0v) is 14.2. The van der Waals surface area contributed by atoms with Crippen LogP contribution in [-0.2, 0) is 11.2 Å². The van der Waals surface area contributed by atoms with E-state index in [1.54, 1.807) is 30.3 Å². The molecule has 0 bridgehead atoms. The van der Waals surface area contributed by atoms with E-state index in [-0.39, 0.29) is 17.2 Å². The summed E-state index contributed by atoms with van der Waals surface area (Å²) in [5.74, 6) is -0.433. The summed E-state index contributed by atoms with van der Waals surface area (Å²) in [7, 11) is 0. The summed E-state index contributed by atoms with van der Waals surface area (Å²) in [5.41, 5.74) is 1.15. The number of benzene rings is 2. The fraction of sp³-hybridized carbons (Fsp3) is 0.263. The van der Waals surface area contributed by atoms with Crippen LogP contribution in [0.25, 0.3) is 0 Å². The first-order valence-electron chi connectivity index (χ1n) is 8.46. The highest BCUT2D eigenvalue weighted by Gasteiger charge is 2.20. The van der Waals surface area contributed by atoms with Gasteiger partial charge >= 0.3 is 0 Å². The van der Waals surface area contributed by atoms with Crippen molar-refractivity contribution in [1.29, 1.82) is 0 Å². The first-order valence-corrected chi connectivity index (χ1v) is 8.46. The Kier molecular flexibility index (Phi) is 5.26. The van der Waals surface area contributed by atoms with Gasteiger partial charge in [0.1, 0.15) is 5.56 Å². The van der Waals surface area contributed by atoms with Gasteiger partial charge in [0.05, 0.1) is 11.3 Å². The molecule has 0 spiro atoms. The number of carbonyl (C=O) groups is 2. The van der Waals surface area contributed by atoms with Crippen molar-refractivity contribution in [2.24, 2.45) is 0 Å². The summed E-state index contributed by atoms with van der Waals surface area (Å²) in [6, 6.07) is 12.7. The minimum absolute atomic E-state index is 0.00536. The van der Waals surface area contributed by atoms with E-state index in [1.807, 2.05) is 4.90 Å². The van der Waals surface area contributed by atoms with Crippen LogP contribution in [0.15, 0.2) is 48.5 Å². The van der Waals surface area contributed by atoms with Gasteiger partial charge in [-0.2, -0.15) is 0 Å². The van der Waals surface area contributed by atoms with Crippen molar-refractivity contribution in [3.05, 3.63) is 69.8 Å². The molecule has 0 aromatic heterocycles. The van der Waals surface area contributed by atoms with E-state index in [9.17, 15) is 19.7 Å². The monoisotopic (exact) mass is 353 g/mol. The molecule has 0 atom stereocenters. The van der Waals surface area contributed by atoms with Crippen LogP contribution in [0.3, 0.4) is 0 Å². The SMILES string of the molecule is O=C(Nc1ccc(CC(=O)N2CCCC2)cc1)c1ccccc1[N+](=O)[O-]. The van der Waals surface area contributed by atoms with Crippen LogP contribution < -0.4 is 5.32 Å². The summed E-state index contributed by atoms with van der Waals surface area (Å²) in [6.45, 7) is 1.64. The second-order valence-electron chi connectivity index (χ2n) is 6.19. The highest BCUT2D eigenvalue weighted by Crippen LogP contribution is 2.20. The third-order valence-corrected chi connectivity index (χ3v) is 4.37. The van der Waals surface area contributed by atoms with Crippen molar-refractivity contribution in [2.45, 2.75) is 19.3 Å². The molecule has 7 nitrogen and oxygen atoms in total. The van der Waals surface area contributed by atoms with E-state index in [0.29, 0.717) is 12.1 Å². The fourth-order valence-electron chi connectivity index (χ4n) is 2.98. The van der Waals surface area contributed by atoms with Crippen LogP contribution >= 0.6 is 0 Å². The zero-order chi connectivity index (χ0) is 18.5. The molecule has 2 amide bonds. The van der Waals surface area contributed by atoms with Gasteiger partial charge in [0.15, 0.2) is 0 Å². The second-order valence-corrected chi connectivity index (χ2v) is 6.19. The standard InChI is InChI=1S/C19H19N3O4/c23-18(21-11-3-4-12-21)13-14-7-9-15(10-8-14)20-19(24)16-5-1-2-6-17(16)22(25)26/h1-2,5-10H,3-4,11-13H2,(H,20,24). The Balaban J connectivity index is 1.65. The van der Waals surface area contributed by atoms with Crippen LogP contribution in [0, 0.1) is 10.1 Å². The molecule has 2 aromatic carbocycles. The number of nitro benzene ring substituents is 1. The quantitative estimate of drug-likeness (QED) is 0.660. The van der Waals surface area contributed by atoms with Gasteiger partial charge in [0.2, 0.25) is 5.91 Å². The van der Waals surface area contributed by atoms with Gasteiger partial charge in [0.25, 0.3) is 11.6 Å². The van der Waals surface area contributed by atoms with Crippen LogP contribution in [0.4, 0.5) is 11.4 Å². The highest BCUT2D eigenvalue weighted by molar-refractivity contribution is 6.07. The Bertz CT molecular complexity index is 827. The number of hydrogen-bond donors (Lipinski definition) is 1. The maximum Gasteiger partial charge on any atom is 0.282 e. The van der Waals surface area contributed by atoms with E-state index in [1.165, 1.54) is 18.2 Å². The average Bonchev–Trinajstić information content (AvgIpc) is 3.18. The number of rotatable bonds is 5. The highest BCUT2D eigenvalue weighted by atomic mass is 16.6. The molecular formula is C19H19N3O4. The molecule has 1 aliphatic rings. The number of para-hydroxylation sites is 1. The van der Waals surface area contributed by atoms with E-state index in [4.69, 9.17) is 0 Å². The average molecular weight is 353 g/mol. The third kappa shape index (κ3) is 4.05. The van der Waals surface area contributed by atoms with E-state index < -0.39 is 10.8 Å². The van der Waals surface area contributed by atoms with Gasteiger partial charge in [-0.3, -0.25) is 19.7 Å². The number of hydrogen-bond acceptors (Lipinski definition) is 4. The summed E-state index contributed by atoms with van der Waals surface area (Å²) in [4.78, 5) is 36.8. The number of nitro groups is 1. The predicted molar refractivity (Wildman–Crippen MR) is 97.0 cm³/mol. The number of amides is 2. The van der Waals surface area contributed by atoms with Crippen LogP contribution in [0.1, 0.15) is 28.8 Å². The Morgan fingerprint density at radius 3 is 2.35 bits per heavy atom. The Morgan fingerprint density at radius 2 is 1.69 bits per heavy atom. The molecule has 1 heterocycles. The molecule has 1 N–H and O–H groups in total. The fourth-order valence-corrected chi connectivity index (χ4v) is 2.98. The summed E-state index contributed by atoms with van der Waals surface area (Å²) < 4.78 is 0. The molecule has 0 unspecified atom stereocenters. The number of nitrogens with one attached hydrogen (secondary N) is 1. The van der Waals surface area contributed by atoms with E-state index in [0.717, 1.165) is 31.5 Å². The summed E-state index contributed by atoms with van der Waals surface area (Å²) >= 11 is 0. The molecule has 26 heavy (non-hydrogen) atoms. The molecule has 0 radical (unpaired) electrons. The Morgan fingerprint density at radius 1 is 1.04 bits per heavy atom. The van der Waals surface area contributed by atoms with Crippen molar-refractivity contribution in [3.63, 3.8) is 0 Å². The van der Waals surface area contributed by atoms with Gasteiger partial charge in [-0.1, -0.05) is 24.3 Å². The number of likely N-dealkylation sites (tertiary alicyclic amines) is 1. The van der Waals surface area contributed by atoms with Crippen molar-refractivity contribution < 1.29 is 14.5 Å². The first kappa shape index (κ1) is 17.6. The lowest BCUT2D eigenvalue weighted by atomic mass is 10.1. The van der Waals surface area contributed by atoms with Gasteiger partial charge in [0, 0.05) is 24.8 Å². The lowest BCUT2D eigenvalue weighted by Crippen LogP contribution is -2.29. The van der Waals surface area contributed by atoms with Crippen molar-refractivity contribution in [2.75, 3.05) is 18.4 Å². The Hall–Kier alpha value is -3.22. The van der Waals surface area contributed by atoms with Gasteiger partial charge in [-0.05, 0) is 36.6 Å². The number of anilines is 1. The minimum atomic E-state index is -0.581. The van der Waals surface area contributed by atoms with Crippen LogP contribution in [-0.4, -0.2) is 34.7 Å². The molecule has 1 aliphatic heterocycles. The maximum absolute atomic E-state index is 12.3. The van der Waals surface area contributed by atoms with E-state index in [2.05, 4.69) is 5.32 Å². The third-order valence-electron chi connectivity index (χ3n) is 4.37. The minimum Gasteiger partial charge on any atom is -0.342 e. The smallest absolute Gasteiger partial charge is 0.282 e. The first-order chi connectivity index (χ1) is 12.5. The zero-order valence-electron chi connectivity index (χ0n) is 14.2. The molecular weight excluding hydrogens is 334 g/mol. The van der Waals surface area contributed by atoms with Gasteiger partial charge in [-0.15, -0.1) is 0 Å². The lowest BCUT2D eigenvalue weighted by molar-refractivity contribution is -0.385. The molecule has 7 heteroatoms.